The molecule has 0 saturated heterocycles. The van der Waals surface area contributed by atoms with Gasteiger partial charge in [-0.2, -0.15) is 0 Å². The number of hydrogen-bond acceptors (Lipinski definition) is 4. The number of halogens is 1. The third kappa shape index (κ3) is 2.54. The summed E-state index contributed by atoms with van der Waals surface area (Å²) in [6, 6.07) is 7.99. The zero-order chi connectivity index (χ0) is 11.5. The van der Waals surface area contributed by atoms with Crippen LogP contribution in [0.4, 0.5) is 5.13 Å². The van der Waals surface area contributed by atoms with Crippen LogP contribution in [0.15, 0.2) is 28.9 Å². The molecule has 0 spiro atoms. The second kappa shape index (κ2) is 4.84. The lowest BCUT2D eigenvalue weighted by Gasteiger charge is -2.03. The monoisotopic (exact) mass is 298 g/mol. The first kappa shape index (κ1) is 11.4. The summed E-state index contributed by atoms with van der Waals surface area (Å²) >= 11 is 4.90. The van der Waals surface area contributed by atoms with Gasteiger partial charge in [-0.3, -0.25) is 0 Å². The molecule has 5 heteroatoms. The Morgan fingerprint density at radius 1 is 1.50 bits per heavy atom. The van der Waals surface area contributed by atoms with Crippen molar-refractivity contribution in [2.24, 2.45) is 0 Å². The van der Waals surface area contributed by atoms with E-state index in [2.05, 4.69) is 27.0 Å². The molecule has 0 aliphatic carbocycles. The Kier molecular flexibility index (Phi) is 3.46. The van der Waals surface area contributed by atoms with Gasteiger partial charge in [0.2, 0.25) is 0 Å². The molecule has 0 atom stereocenters. The lowest BCUT2D eigenvalue weighted by atomic mass is 10.1. The molecular weight excluding hydrogens is 288 g/mol. The summed E-state index contributed by atoms with van der Waals surface area (Å²) < 4.78 is 6.01. The minimum Gasteiger partial charge on any atom is -0.497 e. The van der Waals surface area contributed by atoms with Gasteiger partial charge in [0.05, 0.1) is 7.11 Å². The lowest BCUT2D eigenvalue weighted by molar-refractivity contribution is 0.414. The Morgan fingerprint density at radius 3 is 2.94 bits per heavy atom. The van der Waals surface area contributed by atoms with Crippen molar-refractivity contribution in [3.63, 3.8) is 0 Å². The van der Waals surface area contributed by atoms with Gasteiger partial charge in [0, 0.05) is 11.3 Å². The standard InChI is InChI=1S/C11H11BrN2OS/c1-15-8-4-2-3-7(5-8)6-9-10(12)14-11(13)16-9/h2-5H,6H2,1H3,(H2,13,14). The SMILES string of the molecule is COc1cccc(Cc2sc(N)nc2Br)c1. The smallest absolute Gasteiger partial charge is 0.181 e. The van der Waals surface area contributed by atoms with Crippen LogP contribution in [-0.2, 0) is 6.42 Å². The van der Waals surface area contributed by atoms with E-state index in [0.717, 1.165) is 21.7 Å². The van der Waals surface area contributed by atoms with Crippen molar-refractivity contribution in [2.75, 3.05) is 12.8 Å². The fraction of sp³-hybridized carbons (Fsp3) is 0.182. The van der Waals surface area contributed by atoms with E-state index in [9.17, 15) is 0 Å². The lowest BCUT2D eigenvalue weighted by Crippen LogP contribution is -1.88. The normalized spacial score (nSPS) is 10.4. The Balaban J connectivity index is 2.23. The number of rotatable bonds is 3. The molecule has 0 saturated carbocycles. The van der Waals surface area contributed by atoms with E-state index in [1.54, 1.807) is 7.11 Å². The van der Waals surface area contributed by atoms with Crippen LogP contribution in [0.1, 0.15) is 10.4 Å². The number of benzene rings is 1. The predicted molar refractivity (Wildman–Crippen MR) is 70.0 cm³/mol. The molecule has 1 aromatic heterocycles. The maximum Gasteiger partial charge on any atom is 0.181 e. The van der Waals surface area contributed by atoms with Crippen LogP contribution in [0.25, 0.3) is 0 Å². The van der Waals surface area contributed by atoms with Gasteiger partial charge in [0.15, 0.2) is 5.13 Å². The van der Waals surface area contributed by atoms with Gasteiger partial charge < -0.3 is 10.5 Å². The van der Waals surface area contributed by atoms with E-state index in [1.165, 1.54) is 16.9 Å². The number of thiazole rings is 1. The summed E-state index contributed by atoms with van der Waals surface area (Å²) in [6.45, 7) is 0. The third-order valence-corrected chi connectivity index (χ3v) is 3.97. The highest BCUT2D eigenvalue weighted by Crippen LogP contribution is 2.28. The number of nitrogen functional groups attached to an aromatic ring is 1. The first-order valence-corrected chi connectivity index (χ1v) is 6.33. The molecule has 2 N–H and O–H groups in total. The maximum atomic E-state index is 5.64. The molecule has 0 amide bonds. The van der Waals surface area contributed by atoms with E-state index in [0.29, 0.717) is 5.13 Å². The molecule has 1 heterocycles. The number of hydrogen-bond donors (Lipinski definition) is 1. The Bertz CT molecular complexity index is 498. The van der Waals surface area contributed by atoms with E-state index in [-0.39, 0.29) is 0 Å². The molecule has 3 nitrogen and oxygen atoms in total. The van der Waals surface area contributed by atoms with Crippen LogP contribution in [0, 0.1) is 0 Å². The summed E-state index contributed by atoms with van der Waals surface area (Å²) in [5, 5.41) is 0.588. The van der Waals surface area contributed by atoms with E-state index in [4.69, 9.17) is 10.5 Å². The van der Waals surface area contributed by atoms with Gasteiger partial charge in [-0.25, -0.2) is 4.98 Å². The zero-order valence-electron chi connectivity index (χ0n) is 8.74. The van der Waals surface area contributed by atoms with Crippen LogP contribution in [-0.4, -0.2) is 12.1 Å². The molecule has 0 fully saturated rings. The van der Waals surface area contributed by atoms with Crippen molar-refractivity contribution < 1.29 is 4.74 Å². The quantitative estimate of drug-likeness (QED) is 0.947. The first-order valence-electron chi connectivity index (χ1n) is 4.72. The molecule has 0 unspecified atom stereocenters. The molecular formula is C11H11BrN2OS. The van der Waals surface area contributed by atoms with Crippen LogP contribution in [0.2, 0.25) is 0 Å². The van der Waals surface area contributed by atoms with Crippen molar-refractivity contribution >= 4 is 32.4 Å². The van der Waals surface area contributed by atoms with Gasteiger partial charge in [0.25, 0.3) is 0 Å². The molecule has 2 rings (SSSR count). The second-order valence-electron chi connectivity index (χ2n) is 3.29. The number of aromatic nitrogens is 1. The minimum atomic E-state index is 0.588. The summed E-state index contributed by atoms with van der Waals surface area (Å²) in [5.74, 6) is 0.867. The Hall–Kier alpha value is -1.07. The molecule has 16 heavy (non-hydrogen) atoms. The summed E-state index contributed by atoms with van der Waals surface area (Å²) in [5.41, 5.74) is 6.83. The van der Waals surface area contributed by atoms with Gasteiger partial charge in [0.1, 0.15) is 10.4 Å². The molecule has 0 bridgehead atoms. The first-order chi connectivity index (χ1) is 7.69. The molecule has 2 aromatic rings. The zero-order valence-corrected chi connectivity index (χ0v) is 11.1. The molecule has 84 valence electrons. The van der Waals surface area contributed by atoms with Crippen molar-refractivity contribution in [2.45, 2.75) is 6.42 Å². The Labute approximate surface area is 106 Å². The van der Waals surface area contributed by atoms with Crippen LogP contribution < -0.4 is 10.5 Å². The van der Waals surface area contributed by atoms with Gasteiger partial charge >= 0.3 is 0 Å². The van der Waals surface area contributed by atoms with Gasteiger partial charge in [-0.05, 0) is 33.6 Å². The highest BCUT2D eigenvalue weighted by atomic mass is 79.9. The average molecular weight is 299 g/mol. The number of methoxy groups -OCH3 is 1. The molecule has 1 aromatic carbocycles. The van der Waals surface area contributed by atoms with Crippen LogP contribution in [0.5, 0.6) is 5.75 Å². The van der Waals surface area contributed by atoms with E-state index < -0.39 is 0 Å². The maximum absolute atomic E-state index is 5.64. The fourth-order valence-electron chi connectivity index (χ4n) is 1.43. The largest absolute Gasteiger partial charge is 0.497 e. The molecule has 0 aliphatic rings. The van der Waals surface area contributed by atoms with Crippen molar-refractivity contribution in [3.8, 4) is 5.75 Å². The van der Waals surface area contributed by atoms with Crippen LogP contribution in [0.3, 0.4) is 0 Å². The topological polar surface area (TPSA) is 48.1 Å². The highest BCUT2D eigenvalue weighted by Gasteiger charge is 2.07. The number of nitrogens with zero attached hydrogens (tertiary/aromatic N) is 1. The molecule has 0 radical (unpaired) electrons. The summed E-state index contributed by atoms with van der Waals surface area (Å²) in [6.07, 6.45) is 0.812. The van der Waals surface area contributed by atoms with E-state index in [1.807, 2.05) is 18.2 Å². The van der Waals surface area contributed by atoms with Crippen molar-refractivity contribution in [1.29, 1.82) is 0 Å². The second-order valence-corrected chi connectivity index (χ2v) is 5.16. The predicted octanol–water partition coefficient (Wildman–Crippen LogP) is 3.09. The van der Waals surface area contributed by atoms with Crippen molar-refractivity contribution in [1.82, 2.24) is 4.98 Å². The van der Waals surface area contributed by atoms with E-state index >= 15 is 0 Å². The number of anilines is 1. The average Bonchev–Trinajstić information content (AvgIpc) is 2.58. The highest BCUT2D eigenvalue weighted by molar-refractivity contribution is 9.10. The number of ether oxygens (including phenoxy) is 1. The van der Waals surface area contributed by atoms with Gasteiger partial charge in [-0.15, -0.1) is 11.3 Å². The summed E-state index contributed by atoms with van der Waals surface area (Å²) in [7, 11) is 1.67. The van der Waals surface area contributed by atoms with Gasteiger partial charge in [-0.1, -0.05) is 12.1 Å². The number of nitrogens with two attached hydrogens (primary N) is 1. The Morgan fingerprint density at radius 2 is 2.31 bits per heavy atom. The third-order valence-electron chi connectivity index (χ3n) is 2.17. The summed E-state index contributed by atoms with van der Waals surface area (Å²) in [4.78, 5) is 5.26. The van der Waals surface area contributed by atoms with Crippen molar-refractivity contribution in [3.05, 3.63) is 39.3 Å². The fourth-order valence-corrected chi connectivity index (χ4v) is 2.88. The van der Waals surface area contributed by atoms with Crippen LogP contribution >= 0.6 is 27.3 Å². The molecule has 0 aliphatic heterocycles. The minimum absolute atomic E-state index is 0.588.